The van der Waals surface area contributed by atoms with E-state index in [-0.39, 0.29) is 33.9 Å². The van der Waals surface area contributed by atoms with Crippen molar-refractivity contribution >= 4 is 27.3 Å². The van der Waals surface area contributed by atoms with Crippen molar-refractivity contribution < 1.29 is 17.6 Å². The quantitative estimate of drug-likeness (QED) is 0.343. The molecule has 41 heavy (non-hydrogen) atoms. The van der Waals surface area contributed by atoms with E-state index < -0.39 is 15.8 Å². The largest absolute Gasteiger partial charge is 0.369 e. The van der Waals surface area contributed by atoms with Crippen LogP contribution in [0.15, 0.2) is 101 Å². The Morgan fingerprint density at radius 2 is 1.68 bits per heavy atom. The van der Waals surface area contributed by atoms with Crippen molar-refractivity contribution in [3.8, 4) is 0 Å². The Hall–Kier alpha value is -4.44. The number of halogens is 1. The van der Waals surface area contributed by atoms with Crippen LogP contribution in [0, 0.1) is 11.7 Å². The van der Waals surface area contributed by atoms with Gasteiger partial charge in [-0.3, -0.25) is 14.3 Å². The molecule has 0 radical (unpaired) electrons. The van der Waals surface area contributed by atoms with Gasteiger partial charge in [-0.25, -0.2) is 12.8 Å². The summed E-state index contributed by atoms with van der Waals surface area (Å²) in [6.07, 6.45) is 0.941. The van der Waals surface area contributed by atoms with E-state index in [1.807, 2.05) is 41.0 Å². The minimum absolute atomic E-state index is 0.00994. The lowest BCUT2D eigenvalue weighted by molar-refractivity contribution is 0.0951. The van der Waals surface area contributed by atoms with E-state index in [4.69, 9.17) is 0 Å². The van der Waals surface area contributed by atoms with Crippen LogP contribution in [0.3, 0.4) is 0 Å². The number of benzene rings is 3. The Balaban J connectivity index is 1.33. The number of hydrogen-bond donors (Lipinski definition) is 2. The first-order chi connectivity index (χ1) is 19.8. The van der Waals surface area contributed by atoms with E-state index in [1.165, 1.54) is 12.1 Å². The van der Waals surface area contributed by atoms with Crippen molar-refractivity contribution in [2.75, 3.05) is 22.7 Å². The third kappa shape index (κ3) is 5.60. The summed E-state index contributed by atoms with van der Waals surface area (Å²) in [5.41, 5.74) is 3.10. The highest BCUT2D eigenvalue weighted by Gasteiger charge is 2.35. The van der Waals surface area contributed by atoms with Crippen molar-refractivity contribution in [1.82, 2.24) is 9.88 Å². The number of nitrogens with zero attached hydrogens (tertiary/aromatic N) is 2. The molecular formula is C31H29FN4O4S. The van der Waals surface area contributed by atoms with Gasteiger partial charge in [-0.05, 0) is 66.4 Å². The first-order valence-electron chi connectivity index (χ1n) is 13.5. The van der Waals surface area contributed by atoms with Crippen molar-refractivity contribution in [2.24, 2.45) is 5.92 Å². The molecule has 0 spiro atoms. The van der Waals surface area contributed by atoms with Gasteiger partial charge in [0.1, 0.15) is 5.82 Å². The fourth-order valence-corrected chi connectivity index (χ4v) is 6.89. The molecule has 6 rings (SSSR count). The highest BCUT2D eigenvalue weighted by molar-refractivity contribution is 7.92. The van der Waals surface area contributed by atoms with Crippen LogP contribution in [0.5, 0.6) is 0 Å². The highest BCUT2D eigenvalue weighted by atomic mass is 32.2. The van der Waals surface area contributed by atoms with E-state index in [0.29, 0.717) is 37.4 Å². The maximum Gasteiger partial charge on any atom is 0.261 e. The molecule has 1 amide bonds. The predicted octanol–water partition coefficient (Wildman–Crippen LogP) is 4.34. The zero-order valence-corrected chi connectivity index (χ0v) is 23.0. The van der Waals surface area contributed by atoms with Crippen LogP contribution in [0.25, 0.3) is 0 Å². The van der Waals surface area contributed by atoms with Gasteiger partial charge in [0.25, 0.3) is 21.5 Å². The van der Waals surface area contributed by atoms with Gasteiger partial charge in [0, 0.05) is 49.4 Å². The Morgan fingerprint density at radius 3 is 2.46 bits per heavy atom. The fraction of sp³-hybridized carbons (Fsp3) is 0.226. The van der Waals surface area contributed by atoms with Crippen LogP contribution in [0.1, 0.15) is 34.0 Å². The molecular weight excluding hydrogens is 543 g/mol. The molecule has 0 aliphatic carbocycles. The molecule has 2 unspecified atom stereocenters. The molecule has 3 heterocycles. The Bertz CT molecular complexity index is 1760. The van der Waals surface area contributed by atoms with Crippen LogP contribution in [0.2, 0.25) is 0 Å². The number of piperidine rings is 1. The number of carbonyl (C=O) groups excluding carboxylic acids is 1. The second-order valence-corrected chi connectivity index (χ2v) is 12.2. The van der Waals surface area contributed by atoms with E-state index >= 15 is 0 Å². The zero-order valence-electron chi connectivity index (χ0n) is 22.2. The van der Waals surface area contributed by atoms with E-state index in [0.717, 1.165) is 29.8 Å². The number of rotatable bonds is 7. The molecule has 2 N–H and O–H groups in total. The molecule has 1 aromatic heterocycles. The predicted molar refractivity (Wildman–Crippen MR) is 155 cm³/mol. The summed E-state index contributed by atoms with van der Waals surface area (Å²) >= 11 is 0. The van der Waals surface area contributed by atoms with Gasteiger partial charge >= 0.3 is 0 Å². The standard InChI is InChI=1S/C31H29FN4O4S/c32-25-10-12-26(13-11-25)41(39,40)34-27-16-23(31(38)33-17-21-5-2-1-3-6-21)9-14-29(27)35-18-22-15-24(20-35)28-7-4-8-30(37)36(28)19-22/h1-14,16,22,24,34H,15,17-20H2,(H,33,38). The monoisotopic (exact) mass is 572 g/mol. The molecule has 1 fully saturated rings. The highest BCUT2D eigenvalue weighted by Crippen LogP contribution is 2.39. The summed E-state index contributed by atoms with van der Waals surface area (Å²) in [5.74, 6) is -0.573. The van der Waals surface area contributed by atoms with Crippen molar-refractivity contribution in [3.05, 3.63) is 124 Å². The molecule has 3 aromatic carbocycles. The van der Waals surface area contributed by atoms with Gasteiger partial charge in [0.15, 0.2) is 0 Å². The summed E-state index contributed by atoms with van der Waals surface area (Å²) in [7, 11) is -4.08. The van der Waals surface area contributed by atoms with Crippen LogP contribution in [-0.4, -0.2) is 32.0 Å². The first-order valence-corrected chi connectivity index (χ1v) is 14.9. The topological polar surface area (TPSA) is 101 Å². The van der Waals surface area contributed by atoms with Crippen molar-refractivity contribution in [1.29, 1.82) is 0 Å². The summed E-state index contributed by atoms with van der Waals surface area (Å²) in [6.45, 7) is 2.14. The van der Waals surface area contributed by atoms with Gasteiger partial charge in [-0.15, -0.1) is 0 Å². The van der Waals surface area contributed by atoms with Crippen LogP contribution >= 0.6 is 0 Å². The molecule has 1 saturated heterocycles. The van der Waals surface area contributed by atoms with Gasteiger partial charge in [0.05, 0.1) is 16.3 Å². The SMILES string of the molecule is O=C(NCc1ccccc1)c1ccc(N2CC3CC(C2)c2cccc(=O)n2C3)c(NS(=O)(=O)c2ccc(F)cc2)c1. The van der Waals surface area contributed by atoms with E-state index in [2.05, 4.69) is 14.9 Å². The number of fused-ring (bicyclic) bond motifs is 4. The number of nitrogens with one attached hydrogen (secondary N) is 2. The normalized spacial score (nSPS) is 17.9. The number of pyridine rings is 1. The molecule has 0 saturated carbocycles. The summed E-state index contributed by atoms with van der Waals surface area (Å²) in [6, 6.07) is 24.4. The van der Waals surface area contributed by atoms with Crippen molar-refractivity contribution in [3.63, 3.8) is 0 Å². The molecule has 2 atom stereocenters. The third-order valence-corrected chi connectivity index (χ3v) is 9.12. The Kier molecular flexibility index (Phi) is 7.08. The summed E-state index contributed by atoms with van der Waals surface area (Å²) in [4.78, 5) is 27.6. The fourth-order valence-electron chi connectivity index (χ4n) is 5.83. The molecule has 210 valence electrons. The number of aromatic nitrogens is 1. The second-order valence-electron chi connectivity index (χ2n) is 10.6. The molecule has 2 aliphatic rings. The van der Waals surface area contributed by atoms with Crippen LogP contribution in [0.4, 0.5) is 15.8 Å². The summed E-state index contributed by atoms with van der Waals surface area (Å²) < 4.78 is 44.7. The average molecular weight is 573 g/mol. The third-order valence-electron chi connectivity index (χ3n) is 7.74. The molecule has 2 aliphatic heterocycles. The number of amides is 1. The minimum atomic E-state index is -4.08. The van der Waals surface area contributed by atoms with E-state index in [9.17, 15) is 22.4 Å². The smallest absolute Gasteiger partial charge is 0.261 e. The summed E-state index contributed by atoms with van der Waals surface area (Å²) in [5, 5.41) is 2.89. The Labute approximate surface area is 237 Å². The van der Waals surface area contributed by atoms with Gasteiger partial charge in [-0.2, -0.15) is 0 Å². The van der Waals surface area contributed by atoms with E-state index in [1.54, 1.807) is 30.3 Å². The zero-order chi connectivity index (χ0) is 28.6. The molecule has 10 heteroatoms. The maximum atomic E-state index is 13.5. The number of sulfonamides is 1. The lowest BCUT2D eigenvalue weighted by Crippen LogP contribution is -2.47. The number of anilines is 2. The first kappa shape index (κ1) is 26.8. The molecule has 2 bridgehead atoms. The molecule has 8 nitrogen and oxygen atoms in total. The lowest BCUT2D eigenvalue weighted by atomic mass is 9.83. The van der Waals surface area contributed by atoms with Gasteiger partial charge in [-0.1, -0.05) is 36.4 Å². The minimum Gasteiger partial charge on any atom is -0.369 e. The van der Waals surface area contributed by atoms with Crippen LogP contribution in [-0.2, 0) is 23.1 Å². The second kappa shape index (κ2) is 10.9. The molecule has 4 aromatic rings. The Morgan fingerprint density at radius 1 is 0.902 bits per heavy atom. The van der Waals surface area contributed by atoms with Crippen LogP contribution < -0.4 is 20.5 Å². The lowest BCUT2D eigenvalue weighted by Gasteiger charge is -2.44. The van der Waals surface area contributed by atoms with Gasteiger partial charge < -0.3 is 14.8 Å². The number of hydrogen-bond acceptors (Lipinski definition) is 5. The van der Waals surface area contributed by atoms with Crippen molar-refractivity contribution in [2.45, 2.75) is 30.3 Å². The number of carbonyl (C=O) groups is 1. The van der Waals surface area contributed by atoms with Gasteiger partial charge in [0.2, 0.25) is 0 Å². The maximum absolute atomic E-state index is 13.5. The average Bonchev–Trinajstić information content (AvgIpc) is 2.97.